The first-order valence-corrected chi connectivity index (χ1v) is 27.1. The van der Waals surface area contributed by atoms with E-state index in [1.807, 2.05) is 36.4 Å². The van der Waals surface area contributed by atoms with Crippen molar-refractivity contribution in [3.63, 3.8) is 0 Å². The van der Waals surface area contributed by atoms with Gasteiger partial charge in [0.25, 0.3) is 0 Å². The van der Waals surface area contributed by atoms with Crippen molar-refractivity contribution in [1.29, 1.82) is 0 Å². The number of fused-ring (bicyclic) bond motifs is 14. The number of hydrogen-bond acceptors (Lipinski definition) is 6. The summed E-state index contributed by atoms with van der Waals surface area (Å²) in [5.74, 6) is 0. The zero-order chi connectivity index (χ0) is 52.4. The van der Waals surface area contributed by atoms with Gasteiger partial charge in [-0.3, -0.25) is 0 Å². The number of nitrogens with zero attached hydrogens (tertiary/aromatic N) is 2. The molecule has 0 fully saturated rings. The largest absolute Gasteiger partial charge is 0.456 e. The Hall–Kier alpha value is -10.8. The lowest BCUT2D eigenvalue weighted by molar-refractivity contribution is 0.668. The van der Waals surface area contributed by atoms with Crippen molar-refractivity contribution >= 4 is 143 Å². The average Bonchev–Trinajstić information content (AvgIpc) is 4.32. The number of hydrogen-bond donors (Lipinski definition) is 0. The lowest BCUT2D eigenvalue weighted by atomic mass is 9.85. The van der Waals surface area contributed by atoms with Crippen LogP contribution < -0.4 is 9.80 Å². The van der Waals surface area contributed by atoms with Crippen LogP contribution in [0.1, 0.15) is 0 Å². The number of benzene rings is 13. The van der Waals surface area contributed by atoms with Crippen molar-refractivity contribution in [3.8, 4) is 22.3 Å². The van der Waals surface area contributed by atoms with Crippen LogP contribution >= 0.6 is 0 Å². The maximum Gasteiger partial charge on any atom is 0.159 e. The number of para-hydroxylation sites is 6. The monoisotopic (exact) mass is 1020 g/mol. The molecule has 13 aromatic carbocycles. The first kappa shape index (κ1) is 44.3. The van der Waals surface area contributed by atoms with Gasteiger partial charge in [0.05, 0.1) is 33.5 Å². The Labute approximate surface area is 457 Å². The van der Waals surface area contributed by atoms with Gasteiger partial charge in [0.2, 0.25) is 0 Å². The molecule has 0 aliphatic carbocycles. The topological polar surface area (TPSA) is 59.0 Å². The third kappa shape index (κ3) is 6.60. The van der Waals surface area contributed by atoms with Crippen LogP contribution in [0.2, 0.25) is 0 Å². The fraction of sp³-hybridized carbons (Fsp3) is 0. The van der Waals surface area contributed by atoms with Gasteiger partial charge in [0.1, 0.15) is 33.5 Å². The molecule has 6 nitrogen and oxygen atoms in total. The molecule has 0 aliphatic heterocycles. The number of rotatable bonds is 8. The van der Waals surface area contributed by atoms with Crippen LogP contribution in [0.25, 0.3) is 132 Å². The van der Waals surface area contributed by atoms with E-state index >= 15 is 0 Å². The highest BCUT2D eigenvalue weighted by Gasteiger charge is 2.28. The van der Waals surface area contributed by atoms with E-state index in [9.17, 15) is 0 Å². The Morgan fingerprint density at radius 3 is 0.988 bits per heavy atom. The molecule has 6 heteroatoms. The summed E-state index contributed by atoms with van der Waals surface area (Å²) >= 11 is 0. The zero-order valence-corrected chi connectivity index (χ0v) is 42.9. The average molecular weight is 1030 g/mol. The number of furan rings is 4. The Kier molecular flexibility index (Phi) is 9.61. The molecule has 0 saturated carbocycles. The van der Waals surface area contributed by atoms with Crippen LogP contribution in [0.4, 0.5) is 34.1 Å². The van der Waals surface area contributed by atoms with Gasteiger partial charge in [0, 0.05) is 43.7 Å². The molecule has 0 spiro atoms. The van der Waals surface area contributed by atoms with Crippen molar-refractivity contribution in [2.75, 3.05) is 9.80 Å². The molecule has 80 heavy (non-hydrogen) atoms. The molecule has 4 aromatic heterocycles. The van der Waals surface area contributed by atoms with Gasteiger partial charge in [-0.1, -0.05) is 182 Å². The minimum Gasteiger partial charge on any atom is -0.456 e. The molecule has 0 saturated heterocycles. The second-order valence-electron chi connectivity index (χ2n) is 20.6. The lowest BCUT2D eigenvalue weighted by Gasteiger charge is -2.28. The SMILES string of the molecule is c1ccc(-c2c3ccc(N(c4cccc5c4oc4ccccc45)c4cccc5oc6ccccc6c45)cc3c(-c3ccccc3)c3ccc(N(c4cccc5c4oc4ccccc45)c4cccc5oc6ccccc6c45)cc23)cc1. The van der Waals surface area contributed by atoms with Crippen LogP contribution in [0, 0.1) is 0 Å². The van der Waals surface area contributed by atoms with E-state index in [1.165, 1.54) is 0 Å². The summed E-state index contributed by atoms with van der Waals surface area (Å²) in [6, 6.07) is 94.6. The van der Waals surface area contributed by atoms with Crippen molar-refractivity contribution in [1.82, 2.24) is 0 Å². The molecule has 4 heterocycles. The Balaban J connectivity index is 0.978. The van der Waals surface area contributed by atoms with Crippen molar-refractivity contribution in [2.24, 2.45) is 0 Å². The molecular formula is C74H44N2O4. The summed E-state index contributed by atoms with van der Waals surface area (Å²) in [6.07, 6.45) is 0. The van der Waals surface area contributed by atoms with Crippen LogP contribution in [0.3, 0.4) is 0 Å². The summed E-state index contributed by atoms with van der Waals surface area (Å²) < 4.78 is 27.0. The molecule has 0 atom stereocenters. The molecule has 0 radical (unpaired) electrons. The van der Waals surface area contributed by atoms with E-state index in [2.05, 4.69) is 240 Å². The predicted octanol–water partition coefficient (Wildman–Crippen LogP) is 21.9. The van der Waals surface area contributed by atoms with Crippen LogP contribution in [-0.2, 0) is 0 Å². The molecule has 17 aromatic rings. The van der Waals surface area contributed by atoms with E-state index in [-0.39, 0.29) is 0 Å². The fourth-order valence-corrected chi connectivity index (χ4v) is 12.8. The normalized spacial score (nSPS) is 12.0. The Morgan fingerprint density at radius 2 is 0.550 bits per heavy atom. The predicted molar refractivity (Wildman–Crippen MR) is 331 cm³/mol. The summed E-state index contributed by atoms with van der Waals surface area (Å²) in [7, 11) is 0. The van der Waals surface area contributed by atoms with Crippen LogP contribution in [-0.4, -0.2) is 0 Å². The molecule has 374 valence electrons. The maximum atomic E-state index is 6.90. The fourth-order valence-electron chi connectivity index (χ4n) is 12.8. The Morgan fingerprint density at radius 1 is 0.212 bits per heavy atom. The third-order valence-corrected chi connectivity index (χ3v) is 16.2. The highest BCUT2D eigenvalue weighted by atomic mass is 16.3. The molecule has 0 N–H and O–H groups in total. The summed E-state index contributed by atoms with van der Waals surface area (Å²) in [6.45, 7) is 0. The number of anilines is 6. The zero-order valence-electron chi connectivity index (χ0n) is 42.9. The van der Waals surface area contributed by atoms with E-state index < -0.39 is 0 Å². The summed E-state index contributed by atoms with van der Waals surface area (Å²) in [4.78, 5) is 4.74. The van der Waals surface area contributed by atoms with Gasteiger partial charge >= 0.3 is 0 Å². The van der Waals surface area contributed by atoms with Crippen LogP contribution in [0.5, 0.6) is 0 Å². The molecule has 0 unspecified atom stereocenters. The first-order valence-electron chi connectivity index (χ1n) is 27.1. The van der Waals surface area contributed by atoms with Gasteiger partial charge in [-0.25, -0.2) is 0 Å². The quantitative estimate of drug-likeness (QED) is 0.141. The second kappa shape index (κ2) is 17.3. The summed E-state index contributed by atoms with van der Waals surface area (Å²) in [5, 5.41) is 12.8. The summed E-state index contributed by atoms with van der Waals surface area (Å²) in [5.41, 5.74) is 16.8. The minimum atomic E-state index is 0.805. The second-order valence-corrected chi connectivity index (χ2v) is 20.6. The third-order valence-electron chi connectivity index (χ3n) is 16.2. The van der Waals surface area contributed by atoms with E-state index in [4.69, 9.17) is 17.7 Å². The molecule has 17 rings (SSSR count). The molecule has 0 bridgehead atoms. The van der Waals surface area contributed by atoms with Crippen molar-refractivity contribution in [2.45, 2.75) is 0 Å². The van der Waals surface area contributed by atoms with E-state index in [0.29, 0.717) is 0 Å². The molecule has 0 amide bonds. The van der Waals surface area contributed by atoms with Gasteiger partial charge in [-0.2, -0.15) is 0 Å². The Bertz CT molecular complexity index is 5000. The smallest absolute Gasteiger partial charge is 0.159 e. The van der Waals surface area contributed by atoms with E-state index in [0.717, 1.165) is 166 Å². The molecular weight excluding hydrogens is 981 g/mol. The first-order chi connectivity index (χ1) is 39.7. The van der Waals surface area contributed by atoms with E-state index in [1.54, 1.807) is 0 Å². The van der Waals surface area contributed by atoms with Crippen LogP contribution in [0.15, 0.2) is 285 Å². The molecule has 0 aliphatic rings. The maximum absolute atomic E-state index is 6.90. The van der Waals surface area contributed by atoms with Gasteiger partial charge in [0.15, 0.2) is 11.2 Å². The highest BCUT2D eigenvalue weighted by molar-refractivity contribution is 6.24. The van der Waals surface area contributed by atoms with Crippen molar-refractivity contribution < 1.29 is 17.7 Å². The van der Waals surface area contributed by atoms with Gasteiger partial charge in [-0.15, -0.1) is 0 Å². The van der Waals surface area contributed by atoms with Gasteiger partial charge < -0.3 is 27.5 Å². The standard InChI is InChI=1S/C74H44N2O4/c1-3-19-45(20-4-1)69-51-41-39-48(76(60-30-18-38-68-72(60)56-26-10-14-36-66(56)78-68)62-32-16-28-54-50-24-8-12-34-64(50)80-74(54)62)44-58(51)70(46-21-5-2-6-22-46)52-42-40-47(43-57(52)69)75(59-29-17-37-67-71(59)55-25-9-13-35-65(55)77-67)61-31-15-27-53-49-23-7-11-33-63(49)79-73(53)61/h1-44H. The lowest BCUT2D eigenvalue weighted by Crippen LogP contribution is -2.11. The van der Waals surface area contributed by atoms with Crippen molar-refractivity contribution in [3.05, 3.63) is 267 Å². The highest BCUT2D eigenvalue weighted by Crippen LogP contribution is 2.53. The van der Waals surface area contributed by atoms with Gasteiger partial charge in [-0.05, 0) is 129 Å². The minimum absolute atomic E-state index is 0.805.